The third-order valence-corrected chi connectivity index (χ3v) is 4.63. The summed E-state index contributed by atoms with van der Waals surface area (Å²) in [6.45, 7) is 6.11. The number of sulfone groups is 1. The quantitative estimate of drug-likeness (QED) is 0.751. The van der Waals surface area contributed by atoms with Gasteiger partial charge in [-0.15, -0.1) is 0 Å². The molecule has 0 aliphatic heterocycles. The van der Waals surface area contributed by atoms with Gasteiger partial charge in [-0.1, -0.05) is 13.0 Å². The minimum Gasteiger partial charge on any atom is -0.490 e. The average molecular weight is 315 g/mol. The lowest BCUT2D eigenvalue weighted by atomic mass is 10.1. The molecule has 0 saturated carbocycles. The van der Waals surface area contributed by atoms with Crippen LogP contribution in [-0.2, 0) is 16.3 Å². The number of rotatable bonds is 9. The molecular weight excluding hydrogens is 290 g/mol. The molecule has 0 fully saturated rings. The molecule has 0 aromatic heterocycles. The smallest absolute Gasteiger partial charge is 0.161 e. The molecule has 0 saturated heterocycles. The van der Waals surface area contributed by atoms with Gasteiger partial charge in [-0.05, 0) is 38.0 Å². The molecule has 1 rings (SSSR count). The van der Waals surface area contributed by atoms with Crippen molar-refractivity contribution in [1.29, 1.82) is 0 Å². The van der Waals surface area contributed by atoms with Crippen molar-refractivity contribution < 1.29 is 17.9 Å². The average Bonchev–Trinajstić information content (AvgIpc) is 2.41. The molecular formula is C15H25NO4S. The van der Waals surface area contributed by atoms with E-state index in [1.807, 2.05) is 26.0 Å². The Bertz CT molecular complexity index is 541. The Labute approximate surface area is 127 Å². The van der Waals surface area contributed by atoms with E-state index >= 15 is 0 Å². The Kier molecular flexibility index (Phi) is 6.98. The summed E-state index contributed by atoms with van der Waals surface area (Å²) >= 11 is 0. The van der Waals surface area contributed by atoms with Gasteiger partial charge in [-0.3, -0.25) is 0 Å². The fourth-order valence-electron chi connectivity index (χ4n) is 1.86. The monoisotopic (exact) mass is 315 g/mol. The van der Waals surface area contributed by atoms with Crippen molar-refractivity contribution in [3.05, 3.63) is 23.8 Å². The molecule has 2 N–H and O–H groups in total. The van der Waals surface area contributed by atoms with Gasteiger partial charge in [0, 0.05) is 11.8 Å². The molecule has 0 aliphatic rings. The molecule has 1 atom stereocenters. The van der Waals surface area contributed by atoms with E-state index in [-0.39, 0.29) is 24.2 Å². The number of benzene rings is 1. The Morgan fingerprint density at radius 2 is 1.90 bits per heavy atom. The highest BCUT2D eigenvalue weighted by atomic mass is 32.2. The highest BCUT2D eigenvalue weighted by Crippen LogP contribution is 2.29. The first-order valence-electron chi connectivity index (χ1n) is 7.22. The topological polar surface area (TPSA) is 78.6 Å². The van der Waals surface area contributed by atoms with Gasteiger partial charge >= 0.3 is 0 Å². The number of ether oxygens (including phenoxy) is 2. The maximum absolute atomic E-state index is 11.5. The van der Waals surface area contributed by atoms with Crippen molar-refractivity contribution in [2.75, 3.05) is 24.7 Å². The Balaban J connectivity index is 2.76. The molecule has 1 aromatic rings. The van der Waals surface area contributed by atoms with Crippen LogP contribution in [0.25, 0.3) is 0 Å². The van der Waals surface area contributed by atoms with Crippen molar-refractivity contribution in [2.24, 2.45) is 5.73 Å². The van der Waals surface area contributed by atoms with Gasteiger partial charge in [0.1, 0.15) is 6.61 Å². The Hall–Kier alpha value is -1.27. The first-order chi connectivity index (χ1) is 9.88. The van der Waals surface area contributed by atoms with Crippen LogP contribution in [0.1, 0.15) is 26.3 Å². The minimum atomic E-state index is -3.02. The standard InChI is InChI=1S/C15H25NO4S/c1-4-19-15-11-13(10-12(3)16)6-7-14(15)20-8-9-21(17,18)5-2/h6-7,11-12H,4-5,8-10,16H2,1-3H3. The van der Waals surface area contributed by atoms with Crippen LogP contribution in [0.3, 0.4) is 0 Å². The van der Waals surface area contributed by atoms with Crippen LogP contribution in [0.4, 0.5) is 0 Å². The number of hydrogen-bond donors (Lipinski definition) is 1. The van der Waals surface area contributed by atoms with Crippen LogP contribution in [0.5, 0.6) is 11.5 Å². The molecule has 0 spiro atoms. The van der Waals surface area contributed by atoms with Crippen LogP contribution in [0, 0.1) is 0 Å². The van der Waals surface area contributed by atoms with Crippen molar-refractivity contribution in [1.82, 2.24) is 0 Å². The van der Waals surface area contributed by atoms with Crippen molar-refractivity contribution in [3.63, 3.8) is 0 Å². The molecule has 21 heavy (non-hydrogen) atoms. The summed E-state index contributed by atoms with van der Waals surface area (Å²) in [5.74, 6) is 1.33. The fraction of sp³-hybridized carbons (Fsp3) is 0.600. The SMILES string of the molecule is CCOc1cc(CC(C)N)ccc1OCCS(=O)(=O)CC. The molecule has 1 unspecified atom stereocenters. The van der Waals surface area contributed by atoms with Crippen LogP contribution < -0.4 is 15.2 Å². The lowest BCUT2D eigenvalue weighted by molar-refractivity contribution is 0.288. The first kappa shape index (κ1) is 17.8. The zero-order chi connectivity index (χ0) is 15.9. The zero-order valence-corrected chi connectivity index (χ0v) is 13.8. The predicted octanol–water partition coefficient (Wildman–Crippen LogP) is 1.79. The second-order valence-corrected chi connectivity index (χ2v) is 7.45. The third kappa shape index (κ3) is 6.35. The fourth-order valence-corrected chi connectivity index (χ4v) is 2.49. The van der Waals surface area contributed by atoms with E-state index < -0.39 is 9.84 Å². The summed E-state index contributed by atoms with van der Waals surface area (Å²) < 4.78 is 34.0. The lowest BCUT2D eigenvalue weighted by Gasteiger charge is -2.14. The summed E-state index contributed by atoms with van der Waals surface area (Å²) in [7, 11) is -3.02. The molecule has 0 amide bonds. The van der Waals surface area contributed by atoms with Gasteiger partial charge < -0.3 is 15.2 Å². The van der Waals surface area contributed by atoms with Crippen molar-refractivity contribution in [3.8, 4) is 11.5 Å². The molecule has 0 heterocycles. The maximum Gasteiger partial charge on any atom is 0.161 e. The van der Waals surface area contributed by atoms with Gasteiger partial charge in [0.2, 0.25) is 0 Å². The molecule has 120 valence electrons. The van der Waals surface area contributed by atoms with E-state index in [1.165, 1.54) is 0 Å². The number of nitrogens with two attached hydrogens (primary N) is 1. The van der Waals surface area contributed by atoms with Crippen LogP contribution >= 0.6 is 0 Å². The van der Waals surface area contributed by atoms with Gasteiger partial charge in [0.15, 0.2) is 21.3 Å². The summed E-state index contributed by atoms with van der Waals surface area (Å²) in [5.41, 5.74) is 6.86. The van der Waals surface area contributed by atoms with Gasteiger partial charge in [-0.2, -0.15) is 0 Å². The normalized spacial score (nSPS) is 13.0. The highest BCUT2D eigenvalue weighted by molar-refractivity contribution is 7.91. The second kappa shape index (κ2) is 8.24. The maximum atomic E-state index is 11.5. The van der Waals surface area contributed by atoms with Gasteiger partial charge in [0.05, 0.1) is 12.4 Å². The van der Waals surface area contributed by atoms with Gasteiger partial charge in [0.25, 0.3) is 0 Å². The minimum absolute atomic E-state index is 0.0106. The van der Waals surface area contributed by atoms with E-state index in [1.54, 1.807) is 13.0 Å². The van der Waals surface area contributed by atoms with E-state index in [2.05, 4.69) is 0 Å². The van der Waals surface area contributed by atoms with Crippen LogP contribution in [-0.4, -0.2) is 39.2 Å². The lowest BCUT2D eigenvalue weighted by Crippen LogP contribution is -2.18. The summed E-state index contributed by atoms with van der Waals surface area (Å²) in [5, 5.41) is 0. The summed E-state index contributed by atoms with van der Waals surface area (Å²) in [6.07, 6.45) is 0.755. The van der Waals surface area contributed by atoms with Crippen LogP contribution in [0.2, 0.25) is 0 Å². The van der Waals surface area contributed by atoms with E-state index in [0.717, 1.165) is 12.0 Å². The van der Waals surface area contributed by atoms with Gasteiger partial charge in [-0.25, -0.2) is 8.42 Å². The van der Waals surface area contributed by atoms with E-state index in [0.29, 0.717) is 18.1 Å². The molecule has 5 nitrogen and oxygen atoms in total. The molecule has 0 radical (unpaired) electrons. The van der Waals surface area contributed by atoms with Crippen LogP contribution in [0.15, 0.2) is 18.2 Å². The number of hydrogen-bond acceptors (Lipinski definition) is 5. The van der Waals surface area contributed by atoms with Crippen molar-refractivity contribution in [2.45, 2.75) is 33.2 Å². The predicted molar refractivity (Wildman–Crippen MR) is 84.8 cm³/mol. The van der Waals surface area contributed by atoms with Crippen molar-refractivity contribution >= 4 is 9.84 Å². The highest BCUT2D eigenvalue weighted by Gasteiger charge is 2.11. The molecule has 0 aliphatic carbocycles. The Morgan fingerprint density at radius 3 is 2.48 bits per heavy atom. The molecule has 0 bridgehead atoms. The summed E-state index contributed by atoms with van der Waals surface area (Å²) in [4.78, 5) is 0. The first-order valence-corrected chi connectivity index (χ1v) is 9.04. The van der Waals surface area contributed by atoms with E-state index in [9.17, 15) is 8.42 Å². The molecule has 6 heteroatoms. The van der Waals surface area contributed by atoms with E-state index in [4.69, 9.17) is 15.2 Å². The zero-order valence-electron chi connectivity index (χ0n) is 13.0. The largest absolute Gasteiger partial charge is 0.490 e. The Morgan fingerprint density at radius 1 is 1.19 bits per heavy atom. The summed E-state index contributed by atoms with van der Waals surface area (Å²) in [6, 6.07) is 5.70. The third-order valence-electron chi connectivity index (χ3n) is 2.96. The second-order valence-electron chi connectivity index (χ2n) is 4.98. The molecule has 1 aromatic carbocycles.